The van der Waals surface area contributed by atoms with E-state index in [4.69, 9.17) is 5.11 Å². The molecule has 0 saturated carbocycles. The van der Waals surface area contributed by atoms with Gasteiger partial charge in [-0.1, -0.05) is 12.1 Å². The summed E-state index contributed by atoms with van der Waals surface area (Å²) in [5.74, 6) is -1.45. The number of hydrogen-bond acceptors (Lipinski definition) is 2. The normalized spacial score (nSPS) is 9.89. The van der Waals surface area contributed by atoms with Crippen LogP contribution in [0.3, 0.4) is 0 Å². The maximum atomic E-state index is 12.9. The van der Waals surface area contributed by atoms with Crippen molar-refractivity contribution in [3.05, 3.63) is 35.6 Å². The average Bonchev–Trinajstić information content (AvgIpc) is 2.33. The van der Waals surface area contributed by atoms with Gasteiger partial charge in [-0.25, -0.2) is 9.18 Å². The zero-order valence-corrected chi connectivity index (χ0v) is 10.0. The van der Waals surface area contributed by atoms with Crippen molar-refractivity contribution in [2.45, 2.75) is 13.5 Å². The number of halogens is 1. The number of carboxylic acid groups (broad SMARTS) is 1. The van der Waals surface area contributed by atoms with Gasteiger partial charge in [0.2, 0.25) is 0 Å². The first-order chi connectivity index (χ1) is 8.52. The molecular weight excluding hydrogens is 239 g/mol. The molecule has 0 bridgehead atoms. The van der Waals surface area contributed by atoms with Crippen LogP contribution in [0.15, 0.2) is 24.3 Å². The number of nitrogens with zero attached hydrogens (tertiary/aromatic N) is 1. The third-order valence-corrected chi connectivity index (χ3v) is 2.33. The molecule has 1 aromatic rings. The first-order valence-corrected chi connectivity index (χ1v) is 5.52. The van der Waals surface area contributed by atoms with Crippen LogP contribution in [0.25, 0.3) is 0 Å². The highest BCUT2D eigenvalue weighted by Crippen LogP contribution is 2.03. The van der Waals surface area contributed by atoms with Crippen LogP contribution in [-0.4, -0.2) is 35.1 Å². The lowest BCUT2D eigenvalue weighted by Crippen LogP contribution is -2.42. The monoisotopic (exact) mass is 254 g/mol. The molecule has 18 heavy (non-hydrogen) atoms. The summed E-state index contributed by atoms with van der Waals surface area (Å²) in [6, 6.07) is 5.37. The number of carbonyl (C=O) groups excluding carboxylic acids is 1. The molecule has 0 saturated heterocycles. The number of hydrogen-bond donors (Lipinski definition) is 2. The standard InChI is InChI=1S/C12H15FN2O3/c1-2-15(8-11(16)17)12(18)14-7-9-4-3-5-10(13)6-9/h3-6H,2,7-8H2,1H3,(H,14,18)(H,16,17). The number of benzene rings is 1. The van der Waals surface area contributed by atoms with E-state index in [1.54, 1.807) is 19.1 Å². The van der Waals surface area contributed by atoms with E-state index in [0.29, 0.717) is 12.1 Å². The number of carbonyl (C=O) groups is 2. The molecule has 0 aliphatic rings. The molecule has 1 rings (SSSR count). The Morgan fingerprint density at radius 2 is 2.17 bits per heavy atom. The third-order valence-electron chi connectivity index (χ3n) is 2.33. The molecule has 0 atom stereocenters. The highest BCUT2D eigenvalue weighted by molar-refractivity contribution is 5.80. The summed E-state index contributed by atoms with van der Waals surface area (Å²) in [4.78, 5) is 23.3. The molecule has 2 N–H and O–H groups in total. The molecule has 0 aliphatic carbocycles. The van der Waals surface area contributed by atoms with Crippen molar-refractivity contribution in [3.8, 4) is 0 Å². The van der Waals surface area contributed by atoms with Gasteiger partial charge in [-0.15, -0.1) is 0 Å². The van der Waals surface area contributed by atoms with Crippen molar-refractivity contribution in [1.82, 2.24) is 10.2 Å². The van der Waals surface area contributed by atoms with E-state index in [2.05, 4.69) is 5.32 Å². The van der Waals surface area contributed by atoms with Crippen LogP contribution in [0.1, 0.15) is 12.5 Å². The predicted octanol–water partition coefficient (Wildman–Crippen LogP) is 1.44. The Hall–Kier alpha value is -2.11. The summed E-state index contributed by atoms with van der Waals surface area (Å²) in [6.45, 7) is 1.78. The zero-order valence-electron chi connectivity index (χ0n) is 10.0. The molecule has 0 unspecified atom stereocenters. The molecule has 0 spiro atoms. The lowest BCUT2D eigenvalue weighted by molar-refractivity contribution is -0.137. The summed E-state index contributed by atoms with van der Waals surface area (Å²) in [5.41, 5.74) is 0.620. The maximum absolute atomic E-state index is 12.9. The first kappa shape index (κ1) is 14.0. The zero-order chi connectivity index (χ0) is 13.5. The van der Waals surface area contributed by atoms with Crippen LogP contribution in [0.5, 0.6) is 0 Å². The third kappa shape index (κ3) is 4.40. The molecule has 0 radical (unpaired) electrons. The molecule has 0 heterocycles. The minimum atomic E-state index is -1.07. The maximum Gasteiger partial charge on any atom is 0.323 e. The summed E-state index contributed by atoms with van der Waals surface area (Å²) >= 11 is 0. The van der Waals surface area contributed by atoms with Crippen LogP contribution in [-0.2, 0) is 11.3 Å². The van der Waals surface area contributed by atoms with E-state index in [1.807, 2.05) is 0 Å². The van der Waals surface area contributed by atoms with Crippen molar-refractivity contribution in [3.63, 3.8) is 0 Å². The number of amides is 2. The van der Waals surface area contributed by atoms with Crippen LogP contribution >= 0.6 is 0 Å². The van der Waals surface area contributed by atoms with E-state index in [9.17, 15) is 14.0 Å². The van der Waals surface area contributed by atoms with Crippen molar-refractivity contribution in [2.24, 2.45) is 0 Å². The predicted molar refractivity (Wildman–Crippen MR) is 63.5 cm³/mol. The van der Waals surface area contributed by atoms with E-state index in [-0.39, 0.29) is 18.9 Å². The van der Waals surface area contributed by atoms with Crippen molar-refractivity contribution in [2.75, 3.05) is 13.1 Å². The van der Waals surface area contributed by atoms with E-state index in [0.717, 1.165) is 4.90 Å². The fourth-order valence-electron chi connectivity index (χ4n) is 1.43. The van der Waals surface area contributed by atoms with Gasteiger partial charge in [0, 0.05) is 13.1 Å². The minimum absolute atomic E-state index is 0.159. The second kappa shape index (κ2) is 6.58. The Bertz CT molecular complexity index is 437. The molecule has 0 aromatic heterocycles. The van der Waals surface area contributed by atoms with Crippen LogP contribution in [0.2, 0.25) is 0 Å². The molecule has 6 heteroatoms. The van der Waals surface area contributed by atoms with Crippen LogP contribution in [0.4, 0.5) is 9.18 Å². The van der Waals surface area contributed by atoms with E-state index < -0.39 is 12.0 Å². The highest BCUT2D eigenvalue weighted by atomic mass is 19.1. The number of nitrogens with one attached hydrogen (secondary N) is 1. The van der Waals surface area contributed by atoms with Crippen molar-refractivity contribution < 1.29 is 19.1 Å². The number of likely N-dealkylation sites (N-methyl/N-ethyl adjacent to an activating group) is 1. The lowest BCUT2D eigenvalue weighted by atomic mass is 10.2. The quantitative estimate of drug-likeness (QED) is 0.835. The lowest BCUT2D eigenvalue weighted by Gasteiger charge is -2.19. The Labute approximate surface area is 104 Å². The van der Waals surface area contributed by atoms with Gasteiger partial charge in [0.1, 0.15) is 12.4 Å². The Morgan fingerprint density at radius 3 is 2.72 bits per heavy atom. The van der Waals surface area contributed by atoms with Gasteiger partial charge in [0.05, 0.1) is 0 Å². The fraction of sp³-hybridized carbons (Fsp3) is 0.333. The van der Waals surface area contributed by atoms with Crippen molar-refractivity contribution >= 4 is 12.0 Å². The molecule has 2 amide bonds. The summed E-state index contributed by atoms with van der Waals surface area (Å²) < 4.78 is 12.9. The van der Waals surface area contributed by atoms with E-state index >= 15 is 0 Å². The van der Waals surface area contributed by atoms with Gasteiger partial charge < -0.3 is 15.3 Å². The van der Waals surface area contributed by atoms with Gasteiger partial charge >= 0.3 is 12.0 Å². The largest absolute Gasteiger partial charge is 0.480 e. The van der Waals surface area contributed by atoms with Gasteiger partial charge in [-0.3, -0.25) is 4.79 Å². The topological polar surface area (TPSA) is 69.6 Å². The number of urea groups is 1. The Balaban J connectivity index is 2.51. The van der Waals surface area contributed by atoms with Gasteiger partial charge in [0.25, 0.3) is 0 Å². The molecular formula is C12H15FN2O3. The average molecular weight is 254 g/mol. The van der Waals surface area contributed by atoms with Crippen LogP contribution in [0, 0.1) is 5.82 Å². The minimum Gasteiger partial charge on any atom is -0.480 e. The van der Waals surface area contributed by atoms with Crippen LogP contribution < -0.4 is 5.32 Å². The SMILES string of the molecule is CCN(CC(=O)O)C(=O)NCc1cccc(F)c1. The van der Waals surface area contributed by atoms with Crippen molar-refractivity contribution in [1.29, 1.82) is 0 Å². The molecule has 5 nitrogen and oxygen atoms in total. The van der Waals surface area contributed by atoms with Gasteiger partial charge in [-0.2, -0.15) is 0 Å². The molecule has 0 fully saturated rings. The molecule has 1 aromatic carbocycles. The Kier molecular flexibility index (Phi) is 5.10. The van der Waals surface area contributed by atoms with E-state index in [1.165, 1.54) is 12.1 Å². The second-order valence-electron chi connectivity index (χ2n) is 3.70. The van der Waals surface area contributed by atoms with Gasteiger partial charge in [-0.05, 0) is 24.6 Å². The number of rotatable bonds is 5. The second-order valence-corrected chi connectivity index (χ2v) is 3.70. The number of aliphatic carboxylic acids is 1. The summed E-state index contributed by atoms with van der Waals surface area (Å²) in [7, 11) is 0. The molecule has 0 aliphatic heterocycles. The Morgan fingerprint density at radius 1 is 1.44 bits per heavy atom. The summed E-state index contributed by atoms with van der Waals surface area (Å²) in [5, 5.41) is 11.2. The number of carboxylic acids is 1. The summed E-state index contributed by atoms with van der Waals surface area (Å²) in [6.07, 6.45) is 0. The smallest absolute Gasteiger partial charge is 0.323 e. The molecule has 98 valence electrons. The highest BCUT2D eigenvalue weighted by Gasteiger charge is 2.14. The van der Waals surface area contributed by atoms with Gasteiger partial charge in [0.15, 0.2) is 0 Å². The fourth-order valence-corrected chi connectivity index (χ4v) is 1.43. The first-order valence-electron chi connectivity index (χ1n) is 5.52.